The van der Waals surface area contributed by atoms with Gasteiger partial charge in [0, 0.05) is 68.5 Å². The zero-order valence-corrected chi connectivity index (χ0v) is 21.7. The minimum absolute atomic E-state index is 0.0108. The molecule has 5 rings (SSSR count). The average Bonchev–Trinajstić information content (AvgIpc) is 3.33. The number of ether oxygens (including phenoxy) is 2. The molecule has 0 aromatic carbocycles. The second-order valence-electron chi connectivity index (χ2n) is 10.3. The predicted octanol–water partition coefficient (Wildman–Crippen LogP) is 3.68. The lowest BCUT2D eigenvalue weighted by molar-refractivity contribution is -0.0638. The Morgan fingerprint density at radius 1 is 1.17 bits per heavy atom. The van der Waals surface area contributed by atoms with Gasteiger partial charge in [0.1, 0.15) is 0 Å². The number of nitrogens with zero attached hydrogens (tertiary/aromatic N) is 5. The van der Waals surface area contributed by atoms with Crippen LogP contribution in [0.4, 0.5) is 10.5 Å². The van der Waals surface area contributed by atoms with Crippen LogP contribution < -0.4 is 10.2 Å². The van der Waals surface area contributed by atoms with E-state index in [1.807, 2.05) is 36.1 Å². The molecule has 2 aliphatic heterocycles. The van der Waals surface area contributed by atoms with E-state index in [2.05, 4.69) is 47.4 Å². The van der Waals surface area contributed by atoms with Gasteiger partial charge in [0.25, 0.3) is 0 Å². The molecule has 9 nitrogen and oxygen atoms in total. The molecule has 192 valence electrons. The van der Waals surface area contributed by atoms with E-state index in [-0.39, 0.29) is 17.2 Å². The largest absolute Gasteiger partial charge is 0.450 e. The molecular weight excluding hydrogens is 456 g/mol. The third-order valence-corrected chi connectivity index (χ3v) is 7.47. The molecule has 3 aromatic rings. The number of hydrogen-bond donors (Lipinski definition) is 1. The zero-order valence-electron chi connectivity index (χ0n) is 21.7. The Hall–Kier alpha value is -3.17. The molecule has 2 aliphatic rings. The molecule has 2 saturated heterocycles. The minimum atomic E-state index is -0.327. The van der Waals surface area contributed by atoms with Gasteiger partial charge in [-0.3, -0.25) is 4.98 Å². The quantitative estimate of drug-likeness (QED) is 0.582. The van der Waals surface area contributed by atoms with Gasteiger partial charge < -0.3 is 24.6 Å². The third kappa shape index (κ3) is 4.65. The maximum Gasteiger partial charge on any atom is 0.409 e. The second-order valence-corrected chi connectivity index (χ2v) is 10.3. The van der Waals surface area contributed by atoms with E-state index in [0.29, 0.717) is 19.7 Å². The van der Waals surface area contributed by atoms with Crippen LogP contribution in [0.1, 0.15) is 39.2 Å². The van der Waals surface area contributed by atoms with E-state index in [9.17, 15) is 4.79 Å². The van der Waals surface area contributed by atoms with Crippen LogP contribution in [0.25, 0.3) is 16.8 Å². The summed E-state index contributed by atoms with van der Waals surface area (Å²) in [5.74, 6) is 0. The number of anilines is 1. The van der Waals surface area contributed by atoms with Crippen molar-refractivity contribution in [1.82, 2.24) is 24.8 Å². The van der Waals surface area contributed by atoms with Crippen LogP contribution in [0.2, 0.25) is 0 Å². The predicted molar refractivity (Wildman–Crippen MR) is 139 cm³/mol. The van der Waals surface area contributed by atoms with Gasteiger partial charge in [-0.25, -0.2) is 9.31 Å². The highest BCUT2D eigenvalue weighted by Gasteiger charge is 2.41. The van der Waals surface area contributed by atoms with Crippen LogP contribution in [-0.2, 0) is 15.1 Å². The van der Waals surface area contributed by atoms with Crippen LogP contribution in [0.5, 0.6) is 0 Å². The van der Waals surface area contributed by atoms with Crippen molar-refractivity contribution >= 4 is 17.3 Å². The SMILES string of the molecule is CCOC(=O)N1CCN(c2ccnn3cc(-c4ccc(C5(OC)CCNC(C)(C)C5)cn4)cc23)CC1. The standard InChI is InChI=1S/C27H36N6O3/c1-5-36-25(34)32-14-12-31(13-15-32)23-8-10-30-33-18-20(16-24(23)33)22-7-6-21(17-28-22)27(35-4)9-11-29-26(2,3)19-27/h6-8,10,16-18,29H,5,9,11-15,19H2,1-4H3. The summed E-state index contributed by atoms with van der Waals surface area (Å²) >= 11 is 0. The molecule has 5 heterocycles. The van der Waals surface area contributed by atoms with E-state index in [0.717, 1.165) is 60.5 Å². The Labute approximate surface area is 212 Å². The van der Waals surface area contributed by atoms with Crippen molar-refractivity contribution in [2.45, 2.75) is 44.8 Å². The summed E-state index contributed by atoms with van der Waals surface area (Å²) in [7, 11) is 1.80. The molecule has 3 aromatic heterocycles. The molecule has 1 atom stereocenters. The molecule has 2 fully saturated rings. The molecule has 0 saturated carbocycles. The first-order chi connectivity index (χ1) is 17.3. The van der Waals surface area contributed by atoms with Crippen molar-refractivity contribution in [2.24, 2.45) is 0 Å². The second kappa shape index (κ2) is 9.71. The number of carbonyl (C=O) groups excluding carboxylic acids is 1. The van der Waals surface area contributed by atoms with Crippen molar-refractivity contribution in [3.8, 4) is 11.3 Å². The van der Waals surface area contributed by atoms with Crippen LogP contribution in [0, 0.1) is 0 Å². The number of pyridine rings is 1. The number of aromatic nitrogens is 3. The summed E-state index contributed by atoms with van der Waals surface area (Å²) in [6, 6.07) is 8.41. The van der Waals surface area contributed by atoms with Crippen molar-refractivity contribution in [3.05, 3.63) is 48.4 Å². The maximum atomic E-state index is 12.1. The van der Waals surface area contributed by atoms with Gasteiger partial charge in [-0.2, -0.15) is 5.10 Å². The Morgan fingerprint density at radius 2 is 1.97 bits per heavy atom. The van der Waals surface area contributed by atoms with E-state index >= 15 is 0 Å². The molecule has 1 unspecified atom stereocenters. The van der Waals surface area contributed by atoms with Crippen LogP contribution in [0.15, 0.2) is 42.9 Å². The summed E-state index contributed by atoms with van der Waals surface area (Å²) in [6.07, 6.45) is 7.38. The van der Waals surface area contributed by atoms with E-state index in [1.54, 1.807) is 12.0 Å². The molecule has 0 aliphatic carbocycles. The Bertz CT molecular complexity index is 1220. The first-order valence-electron chi connectivity index (χ1n) is 12.8. The lowest BCUT2D eigenvalue weighted by atomic mass is 9.77. The summed E-state index contributed by atoms with van der Waals surface area (Å²) in [6.45, 7) is 10.3. The molecular formula is C27H36N6O3. The fraction of sp³-hybridized carbons (Fsp3) is 0.519. The van der Waals surface area contributed by atoms with Gasteiger partial charge in [0.05, 0.1) is 29.1 Å². The third-order valence-electron chi connectivity index (χ3n) is 7.47. The number of hydrogen-bond acceptors (Lipinski definition) is 7. The lowest BCUT2D eigenvalue weighted by Gasteiger charge is -2.45. The van der Waals surface area contributed by atoms with Gasteiger partial charge in [0.2, 0.25) is 0 Å². The summed E-state index contributed by atoms with van der Waals surface area (Å²) in [5.41, 5.74) is 4.85. The van der Waals surface area contributed by atoms with Gasteiger partial charge in [-0.05, 0) is 58.4 Å². The Balaban J connectivity index is 1.37. The normalized spacial score (nSPS) is 22.1. The van der Waals surface area contributed by atoms with Gasteiger partial charge >= 0.3 is 6.09 Å². The fourth-order valence-corrected chi connectivity index (χ4v) is 5.59. The molecule has 9 heteroatoms. The number of carbonyl (C=O) groups is 1. The van der Waals surface area contributed by atoms with Gasteiger partial charge in [-0.15, -0.1) is 0 Å². The first-order valence-corrected chi connectivity index (χ1v) is 12.8. The van der Waals surface area contributed by atoms with Gasteiger partial charge in [0.15, 0.2) is 0 Å². The summed E-state index contributed by atoms with van der Waals surface area (Å²) in [4.78, 5) is 21.0. The number of methoxy groups -OCH3 is 1. The molecule has 1 N–H and O–H groups in total. The number of rotatable bonds is 5. The van der Waals surface area contributed by atoms with E-state index in [4.69, 9.17) is 14.5 Å². The highest BCUT2D eigenvalue weighted by atomic mass is 16.6. The average molecular weight is 493 g/mol. The highest BCUT2D eigenvalue weighted by Crippen LogP contribution is 2.40. The topological polar surface area (TPSA) is 84.2 Å². The lowest BCUT2D eigenvalue weighted by Crippen LogP contribution is -2.53. The number of amides is 1. The van der Waals surface area contributed by atoms with Crippen molar-refractivity contribution in [2.75, 3.05) is 51.3 Å². The van der Waals surface area contributed by atoms with E-state index < -0.39 is 0 Å². The number of piperidine rings is 1. The number of fused-ring (bicyclic) bond motifs is 1. The summed E-state index contributed by atoms with van der Waals surface area (Å²) < 4.78 is 13.1. The first kappa shape index (κ1) is 24.5. The van der Waals surface area contributed by atoms with Gasteiger partial charge in [-0.1, -0.05) is 6.07 Å². The molecule has 36 heavy (non-hydrogen) atoms. The number of nitrogens with one attached hydrogen (secondary N) is 1. The van der Waals surface area contributed by atoms with Crippen LogP contribution >= 0.6 is 0 Å². The van der Waals surface area contributed by atoms with Crippen molar-refractivity contribution < 1.29 is 14.3 Å². The monoisotopic (exact) mass is 492 g/mol. The Kier molecular flexibility index (Phi) is 6.61. The zero-order chi connectivity index (χ0) is 25.3. The Morgan fingerprint density at radius 3 is 2.64 bits per heavy atom. The minimum Gasteiger partial charge on any atom is -0.450 e. The molecule has 0 spiro atoms. The fourth-order valence-electron chi connectivity index (χ4n) is 5.59. The molecule has 1 amide bonds. The van der Waals surface area contributed by atoms with Crippen molar-refractivity contribution in [3.63, 3.8) is 0 Å². The van der Waals surface area contributed by atoms with Crippen LogP contribution in [-0.4, -0.2) is 77.6 Å². The molecule has 0 bridgehead atoms. The maximum absolute atomic E-state index is 12.1. The van der Waals surface area contributed by atoms with Crippen LogP contribution in [0.3, 0.4) is 0 Å². The molecule has 0 radical (unpaired) electrons. The van der Waals surface area contributed by atoms with Crippen molar-refractivity contribution in [1.29, 1.82) is 0 Å². The smallest absolute Gasteiger partial charge is 0.409 e. The van der Waals surface area contributed by atoms with E-state index in [1.165, 1.54) is 0 Å². The highest BCUT2D eigenvalue weighted by molar-refractivity contribution is 5.79. The summed E-state index contributed by atoms with van der Waals surface area (Å²) in [5, 5.41) is 8.11. The number of piperazine rings is 1.